The number of anilines is 1. The van der Waals surface area contributed by atoms with E-state index >= 15 is 0 Å². The Labute approximate surface area is 176 Å². The number of thioether (sulfide) groups is 1. The molecule has 1 aromatic heterocycles. The third kappa shape index (κ3) is 5.55. The van der Waals surface area contributed by atoms with Crippen molar-refractivity contribution in [2.45, 2.75) is 30.6 Å². The lowest BCUT2D eigenvalue weighted by molar-refractivity contribution is -0.113. The number of amides is 2. The topological polar surface area (TPSA) is 67.4 Å². The number of halogens is 2. The number of hydrogen-bond donors (Lipinski definition) is 2. The summed E-state index contributed by atoms with van der Waals surface area (Å²) in [4.78, 5) is 26.5. The van der Waals surface area contributed by atoms with Gasteiger partial charge in [0.15, 0.2) is 0 Å². The first kappa shape index (κ1) is 21.7. The number of methoxy groups -OCH3 is 1. The summed E-state index contributed by atoms with van der Waals surface area (Å²) < 4.78 is 31.7. The van der Waals surface area contributed by atoms with E-state index in [2.05, 4.69) is 10.6 Å². The second kappa shape index (κ2) is 10.2. The minimum absolute atomic E-state index is 0.0458. The maximum Gasteiger partial charge on any atom is 0.254 e. The zero-order valence-corrected chi connectivity index (χ0v) is 17.6. The molecule has 0 fully saturated rings. The molecular weight excluding hydrogens is 418 g/mol. The van der Waals surface area contributed by atoms with Crippen molar-refractivity contribution < 1.29 is 23.1 Å². The molecule has 2 N–H and O–H groups in total. The number of rotatable bonds is 8. The second-order valence-electron chi connectivity index (χ2n) is 6.58. The van der Waals surface area contributed by atoms with Crippen molar-refractivity contribution >= 4 is 39.9 Å². The standard InChI is InChI=1S/C20H22F2N2O3S2/c1-27-9-8-23-19(26)18-13-4-2-3-5-15(13)29-20(18)24-17(25)11-28-16-7-6-12(21)10-14(16)22/h6-7,10H,2-5,8-9,11H2,1H3,(H,23,26)(H,24,25). The molecule has 0 spiro atoms. The van der Waals surface area contributed by atoms with Gasteiger partial charge in [0.05, 0.1) is 17.9 Å². The van der Waals surface area contributed by atoms with Crippen molar-refractivity contribution in [2.75, 3.05) is 31.3 Å². The number of benzene rings is 1. The molecule has 1 aromatic carbocycles. The van der Waals surface area contributed by atoms with Crippen molar-refractivity contribution in [1.82, 2.24) is 5.32 Å². The van der Waals surface area contributed by atoms with Gasteiger partial charge in [0.25, 0.3) is 5.91 Å². The summed E-state index contributed by atoms with van der Waals surface area (Å²) in [7, 11) is 1.56. The highest BCUT2D eigenvalue weighted by atomic mass is 32.2. The van der Waals surface area contributed by atoms with Crippen LogP contribution in [0.5, 0.6) is 0 Å². The summed E-state index contributed by atoms with van der Waals surface area (Å²) in [6.07, 6.45) is 3.77. The molecule has 1 aliphatic carbocycles. The monoisotopic (exact) mass is 440 g/mol. The highest BCUT2D eigenvalue weighted by Gasteiger charge is 2.26. The minimum Gasteiger partial charge on any atom is -0.383 e. The highest BCUT2D eigenvalue weighted by Crippen LogP contribution is 2.38. The van der Waals surface area contributed by atoms with E-state index in [0.717, 1.165) is 60.0 Å². The Morgan fingerprint density at radius 2 is 2.03 bits per heavy atom. The van der Waals surface area contributed by atoms with Crippen LogP contribution in [0.3, 0.4) is 0 Å². The molecule has 156 valence electrons. The molecule has 1 heterocycles. The number of ether oxygens (including phenoxy) is 1. The van der Waals surface area contributed by atoms with Crippen molar-refractivity contribution in [2.24, 2.45) is 0 Å². The summed E-state index contributed by atoms with van der Waals surface area (Å²) in [5.74, 6) is -1.98. The predicted octanol–water partition coefficient (Wildman–Crippen LogP) is 4.01. The largest absolute Gasteiger partial charge is 0.383 e. The van der Waals surface area contributed by atoms with Crippen LogP contribution in [0.4, 0.5) is 13.8 Å². The summed E-state index contributed by atoms with van der Waals surface area (Å²) in [6.45, 7) is 0.784. The fourth-order valence-electron chi connectivity index (χ4n) is 3.15. The molecule has 0 unspecified atom stereocenters. The molecule has 0 saturated heterocycles. The summed E-state index contributed by atoms with van der Waals surface area (Å²) in [5.41, 5.74) is 1.52. The summed E-state index contributed by atoms with van der Waals surface area (Å²) in [5, 5.41) is 6.16. The second-order valence-corrected chi connectivity index (χ2v) is 8.70. The van der Waals surface area contributed by atoms with Crippen molar-refractivity contribution in [3.8, 4) is 0 Å². The molecule has 0 aliphatic heterocycles. The Morgan fingerprint density at radius 1 is 1.24 bits per heavy atom. The van der Waals surface area contributed by atoms with Gasteiger partial charge in [-0.2, -0.15) is 0 Å². The lowest BCUT2D eigenvalue weighted by atomic mass is 9.95. The molecular formula is C20H22F2N2O3S2. The highest BCUT2D eigenvalue weighted by molar-refractivity contribution is 8.00. The average molecular weight is 441 g/mol. The number of aryl methyl sites for hydroxylation is 1. The molecule has 2 amide bonds. The van der Waals surface area contributed by atoms with E-state index in [9.17, 15) is 18.4 Å². The van der Waals surface area contributed by atoms with Crippen molar-refractivity contribution in [3.63, 3.8) is 0 Å². The number of carbonyl (C=O) groups is 2. The smallest absolute Gasteiger partial charge is 0.254 e. The van der Waals surface area contributed by atoms with Gasteiger partial charge >= 0.3 is 0 Å². The molecule has 9 heteroatoms. The van der Waals surface area contributed by atoms with Crippen molar-refractivity contribution in [1.29, 1.82) is 0 Å². The lowest BCUT2D eigenvalue weighted by Crippen LogP contribution is -2.29. The SMILES string of the molecule is COCCNC(=O)c1c(NC(=O)CSc2ccc(F)cc2F)sc2c1CCCC2. The fraction of sp³-hybridized carbons (Fsp3) is 0.400. The van der Waals surface area contributed by atoms with Crippen LogP contribution in [0.1, 0.15) is 33.6 Å². The van der Waals surface area contributed by atoms with Crippen molar-refractivity contribution in [3.05, 3.63) is 45.8 Å². The Kier molecular flexibility index (Phi) is 7.63. The molecule has 1 aliphatic rings. The van der Waals surface area contributed by atoms with Crippen LogP contribution in [0.25, 0.3) is 0 Å². The summed E-state index contributed by atoms with van der Waals surface area (Å²) >= 11 is 2.41. The molecule has 5 nitrogen and oxygen atoms in total. The van der Waals surface area contributed by atoms with E-state index in [4.69, 9.17) is 4.74 Å². The first-order chi connectivity index (χ1) is 14.0. The third-order valence-corrected chi connectivity index (χ3v) is 6.75. The van der Waals surface area contributed by atoms with Gasteiger partial charge in [0.2, 0.25) is 5.91 Å². The molecule has 3 rings (SSSR count). The number of thiophene rings is 1. The minimum atomic E-state index is -0.701. The zero-order chi connectivity index (χ0) is 20.8. The molecule has 0 saturated carbocycles. The van der Waals surface area contributed by atoms with E-state index in [1.54, 1.807) is 7.11 Å². The number of hydrogen-bond acceptors (Lipinski definition) is 5. The van der Waals surface area contributed by atoms with Gasteiger partial charge in [-0.1, -0.05) is 0 Å². The molecule has 0 bridgehead atoms. The zero-order valence-electron chi connectivity index (χ0n) is 16.0. The van der Waals surface area contributed by atoms with Crippen LogP contribution in [0.15, 0.2) is 23.1 Å². The Balaban J connectivity index is 1.71. The van der Waals surface area contributed by atoms with E-state index in [1.165, 1.54) is 17.4 Å². The van der Waals surface area contributed by atoms with Crippen LogP contribution in [-0.4, -0.2) is 37.8 Å². The van der Waals surface area contributed by atoms with Crippen LogP contribution in [-0.2, 0) is 22.4 Å². The van der Waals surface area contributed by atoms with Gasteiger partial charge in [0.1, 0.15) is 16.6 Å². The average Bonchev–Trinajstić information content (AvgIpc) is 3.05. The first-order valence-electron chi connectivity index (χ1n) is 9.29. The maximum absolute atomic E-state index is 13.7. The molecule has 0 atom stereocenters. The van der Waals surface area contributed by atoms with E-state index in [0.29, 0.717) is 23.7 Å². The lowest BCUT2D eigenvalue weighted by Gasteiger charge is -2.13. The van der Waals surface area contributed by atoms with E-state index in [1.807, 2.05) is 0 Å². The summed E-state index contributed by atoms with van der Waals surface area (Å²) in [6, 6.07) is 3.25. The molecule has 29 heavy (non-hydrogen) atoms. The number of nitrogens with one attached hydrogen (secondary N) is 2. The van der Waals surface area contributed by atoms with Gasteiger partial charge in [-0.3, -0.25) is 9.59 Å². The van der Waals surface area contributed by atoms with Crippen LogP contribution in [0, 0.1) is 11.6 Å². The third-order valence-electron chi connectivity index (χ3n) is 4.50. The van der Waals surface area contributed by atoms with Gasteiger partial charge in [-0.15, -0.1) is 23.1 Å². The van der Waals surface area contributed by atoms with E-state index < -0.39 is 11.6 Å². The van der Waals surface area contributed by atoms with Gasteiger partial charge in [-0.25, -0.2) is 8.78 Å². The van der Waals surface area contributed by atoms with Gasteiger partial charge in [0, 0.05) is 29.5 Å². The fourth-order valence-corrected chi connectivity index (χ4v) is 5.17. The van der Waals surface area contributed by atoms with Crippen LogP contribution in [0.2, 0.25) is 0 Å². The van der Waals surface area contributed by atoms with Gasteiger partial charge in [-0.05, 0) is 43.4 Å². The van der Waals surface area contributed by atoms with E-state index in [-0.39, 0.29) is 22.5 Å². The number of fused-ring (bicyclic) bond motifs is 1. The first-order valence-corrected chi connectivity index (χ1v) is 11.1. The quantitative estimate of drug-likeness (QED) is 0.481. The predicted molar refractivity (Wildman–Crippen MR) is 111 cm³/mol. The Bertz CT molecular complexity index is 902. The van der Waals surface area contributed by atoms with Crippen LogP contribution >= 0.6 is 23.1 Å². The maximum atomic E-state index is 13.7. The number of carbonyl (C=O) groups excluding carboxylic acids is 2. The Hall–Kier alpha value is -1.97. The normalized spacial score (nSPS) is 13.1. The molecule has 0 radical (unpaired) electrons. The Morgan fingerprint density at radius 3 is 2.79 bits per heavy atom. The molecule has 2 aromatic rings. The van der Waals surface area contributed by atoms with Crippen LogP contribution < -0.4 is 10.6 Å². The van der Waals surface area contributed by atoms with Gasteiger partial charge < -0.3 is 15.4 Å².